The number of methoxy groups -OCH3 is 1. The molecule has 3 aromatic rings. The molecule has 3 N–H and O–H groups in total. The highest BCUT2D eigenvalue weighted by atomic mass is 79.9. The molecule has 0 fully saturated rings. The Kier molecular flexibility index (Phi) is 11.2. The zero-order chi connectivity index (χ0) is 31.6. The third-order valence-corrected chi connectivity index (χ3v) is 7.02. The maximum absolute atomic E-state index is 12.6. The summed E-state index contributed by atoms with van der Waals surface area (Å²) >= 11 is 9.50. The van der Waals surface area contributed by atoms with Crippen molar-refractivity contribution in [3.8, 4) is 17.2 Å². The molecule has 4 rings (SSSR count). The molecule has 13 heteroatoms. The standard InChI is InChI=1S/C31H30BrClN4O7/c1-4-42-30(39)28-18(2)35-31(40)36-29(28)20-8-10-25(26(14-20)41-3)44-17-27(38)37-34-15-21-13-22(32)9-11-24(21)43-16-19-6-5-7-23(33)12-19/h5-15,29H,4,16-17H2,1-3H3,(H,37,38)(H2,35,36,40)/b34-15+/t29-/m1/s1. The first kappa shape index (κ1) is 32.4. The Morgan fingerprint density at radius 1 is 1.07 bits per heavy atom. The fourth-order valence-electron chi connectivity index (χ4n) is 4.30. The molecule has 0 aromatic heterocycles. The minimum atomic E-state index is -0.777. The average Bonchev–Trinajstić information content (AvgIpc) is 2.99. The van der Waals surface area contributed by atoms with E-state index in [1.807, 2.05) is 24.3 Å². The van der Waals surface area contributed by atoms with Crippen molar-refractivity contribution < 1.29 is 33.3 Å². The van der Waals surface area contributed by atoms with Gasteiger partial charge in [-0.05, 0) is 67.4 Å². The third-order valence-electron chi connectivity index (χ3n) is 6.29. The highest BCUT2D eigenvalue weighted by molar-refractivity contribution is 9.10. The number of amides is 3. The molecule has 0 saturated carbocycles. The molecule has 0 radical (unpaired) electrons. The molecule has 3 amide bonds. The second-order valence-corrected chi connectivity index (χ2v) is 10.7. The molecule has 44 heavy (non-hydrogen) atoms. The van der Waals surface area contributed by atoms with Crippen LogP contribution in [0.25, 0.3) is 0 Å². The highest BCUT2D eigenvalue weighted by Crippen LogP contribution is 2.34. The maximum Gasteiger partial charge on any atom is 0.338 e. The molecule has 1 heterocycles. The first-order valence-corrected chi connectivity index (χ1v) is 14.6. The van der Waals surface area contributed by atoms with E-state index in [0.717, 1.165) is 10.0 Å². The van der Waals surface area contributed by atoms with Crippen LogP contribution in [0.15, 0.2) is 81.5 Å². The molecule has 1 atom stereocenters. The van der Waals surface area contributed by atoms with Gasteiger partial charge in [-0.3, -0.25) is 4.79 Å². The normalized spacial score (nSPS) is 14.5. The summed E-state index contributed by atoms with van der Waals surface area (Å²) in [6, 6.07) is 16.4. The van der Waals surface area contributed by atoms with Crippen molar-refractivity contribution in [1.29, 1.82) is 0 Å². The topological polar surface area (TPSA) is 137 Å². The van der Waals surface area contributed by atoms with Crippen LogP contribution in [-0.2, 0) is 20.9 Å². The number of hydrogen-bond donors (Lipinski definition) is 3. The van der Waals surface area contributed by atoms with Gasteiger partial charge in [0, 0.05) is 20.8 Å². The Balaban J connectivity index is 1.39. The summed E-state index contributed by atoms with van der Waals surface area (Å²) < 4.78 is 23.1. The SMILES string of the molecule is CCOC(=O)C1=C(C)NC(=O)N[C@@H]1c1ccc(OCC(=O)N/N=C/c2cc(Br)ccc2OCc2cccc(Cl)c2)c(OC)c1. The van der Waals surface area contributed by atoms with Crippen LogP contribution in [0.4, 0.5) is 4.79 Å². The molecule has 11 nitrogen and oxygen atoms in total. The summed E-state index contributed by atoms with van der Waals surface area (Å²) in [5.41, 5.74) is 5.19. The lowest BCUT2D eigenvalue weighted by atomic mass is 9.95. The predicted octanol–water partition coefficient (Wildman–Crippen LogP) is 5.41. The molecule has 3 aromatic carbocycles. The molecule has 0 spiro atoms. The summed E-state index contributed by atoms with van der Waals surface area (Å²) in [6.07, 6.45) is 1.47. The lowest BCUT2D eigenvalue weighted by molar-refractivity contribution is -0.139. The molecular weight excluding hydrogens is 656 g/mol. The van der Waals surface area contributed by atoms with Gasteiger partial charge in [-0.15, -0.1) is 0 Å². The first-order valence-electron chi connectivity index (χ1n) is 13.4. The van der Waals surface area contributed by atoms with E-state index in [1.54, 1.807) is 50.2 Å². The lowest BCUT2D eigenvalue weighted by Gasteiger charge is -2.28. The third kappa shape index (κ3) is 8.51. The van der Waals surface area contributed by atoms with Crippen LogP contribution in [-0.4, -0.2) is 44.4 Å². The maximum atomic E-state index is 12.6. The molecule has 1 aliphatic heterocycles. The van der Waals surface area contributed by atoms with Crippen LogP contribution in [0.3, 0.4) is 0 Å². The number of carbonyl (C=O) groups is 3. The lowest BCUT2D eigenvalue weighted by Crippen LogP contribution is -2.45. The second kappa shape index (κ2) is 15.3. The number of allylic oxidation sites excluding steroid dienone is 1. The van der Waals surface area contributed by atoms with Crippen LogP contribution in [0.5, 0.6) is 17.2 Å². The number of esters is 1. The summed E-state index contributed by atoms with van der Waals surface area (Å²) in [5, 5.41) is 9.99. The van der Waals surface area contributed by atoms with Crippen LogP contribution >= 0.6 is 27.5 Å². The number of nitrogens with one attached hydrogen (secondary N) is 3. The predicted molar refractivity (Wildman–Crippen MR) is 168 cm³/mol. The molecule has 1 aliphatic rings. The van der Waals surface area contributed by atoms with Gasteiger partial charge in [-0.1, -0.05) is 45.7 Å². The smallest absolute Gasteiger partial charge is 0.338 e. The number of ether oxygens (including phenoxy) is 4. The average molecular weight is 686 g/mol. The number of hydrazone groups is 1. The Morgan fingerprint density at radius 3 is 2.61 bits per heavy atom. The Morgan fingerprint density at radius 2 is 1.86 bits per heavy atom. The van der Waals surface area contributed by atoms with Gasteiger partial charge in [0.25, 0.3) is 5.91 Å². The van der Waals surface area contributed by atoms with Gasteiger partial charge in [0.2, 0.25) is 0 Å². The number of hydrogen-bond acceptors (Lipinski definition) is 8. The summed E-state index contributed by atoms with van der Waals surface area (Å²) in [6.45, 7) is 3.44. The van der Waals surface area contributed by atoms with Gasteiger partial charge >= 0.3 is 12.0 Å². The van der Waals surface area contributed by atoms with Gasteiger partial charge in [0.15, 0.2) is 18.1 Å². The van der Waals surface area contributed by atoms with Gasteiger partial charge < -0.3 is 29.6 Å². The Labute approximate surface area is 267 Å². The Hall–Kier alpha value is -4.55. The molecular formula is C31H30BrClN4O7. The van der Waals surface area contributed by atoms with Crippen molar-refractivity contribution in [2.24, 2.45) is 5.10 Å². The van der Waals surface area contributed by atoms with Gasteiger partial charge in [-0.25, -0.2) is 15.0 Å². The van der Waals surface area contributed by atoms with Crippen molar-refractivity contribution in [1.82, 2.24) is 16.1 Å². The fraction of sp³-hybridized carbons (Fsp3) is 0.226. The minimum Gasteiger partial charge on any atom is -0.493 e. The van der Waals surface area contributed by atoms with Crippen molar-refractivity contribution in [3.63, 3.8) is 0 Å². The number of nitrogens with zero attached hydrogens (tertiary/aromatic N) is 1. The Bertz CT molecular complexity index is 1610. The quantitative estimate of drug-likeness (QED) is 0.132. The van der Waals surface area contributed by atoms with E-state index in [1.165, 1.54) is 13.3 Å². The van der Waals surface area contributed by atoms with Gasteiger partial charge in [-0.2, -0.15) is 5.10 Å². The van der Waals surface area contributed by atoms with E-state index in [0.29, 0.717) is 40.0 Å². The van der Waals surface area contributed by atoms with Gasteiger partial charge in [0.05, 0.1) is 31.5 Å². The van der Waals surface area contributed by atoms with E-state index >= 15 is 0 Å². The monoisotopic (exact) mass is 684 g/mol. The number of carbonyl (C=O) groups excluding carboxylic acids is 3. The van der Waals surface area contributed by atoms with Crippen LogP contribution in [0.1, 0.15) is 36.6 Å². The number of halogens is 2. The number of benzene rings is 3. The van der Waals surface area contributed by atoms with Crippen molar-refractivity contribution in [2.75, 3.05) is 20.3 Å². The molecule has 0 saturated heterocycles. The van der Waals surface area contributed by atoms with Crippen LogP contribution < -0.4 is 30.3 Å². The zero-order valence-corrected chi connectivity index (χ0v) is 26.5. The van der Waals surface area contributed by atoms with E-state index in [9.17, 15) is 14.4 Å². The summed E-state index contributed by atoms with van der Waals surface area (Å²) in [7, 11) is 1.44. The number of urea groups is 1. The summed E-state index contributed by atoms with van der Waals surface area (Å²) in [5.74, 6) is 0.0633. The molecule has 230 valence electrons. The largest absolute Gasteiger partial charge is 0.493 e. The van der Waals surface area contributed by atoms with Crippen LogP contribution in [0.2, 0.25) is 5.02 Å². The van der Waals surface area contributed by atoms with Crippen molar-refractivity contribution in [3.05, 3.63) is 98.1 Å². The molecule has 0 unspecified atom stereocenters. The molecule has 0 aliphatic carbocycles. The first-order chi connectivity index (χ1) is 21.2. The van der Waals surface area contributed by atoms with Gasteiger partial charge in [0.1, 0.15) is 12.4 Å². The van der Waals surface area contributed by atoms with Crippen molar-refractivity contribution in [2.45, 2.75) is 26.5 Å². The van der Waals surface area contributed by atoms with E-state index in [-0.39, 0.29) is 24.5 Å². The highest BCUT2D eigenvalue weighted by Gasteiger charge is 2.32. The van der Waals surface area contributed by atoms with Crippen LogP contribution in [0, 0.1) is 0 Å². The summed E-state index contributed by atoms with van der Waals surface area (Å²) in [4.78, 5) is 37.3. The zero-order valence-electron chi connectivity index (χ0n) is 24.1. The second-order valence-electron chi connectivity index (χ2n) is 9.38. The van der Waals surface area contributed by atoms with E-state index in [2.05, 4.69) is 37.1 Å². The van der Waals surface area contributed by atoms with Crippen molar-refractivity contribution >= 4 is 51.7 Å². The van der Waals surface area contributed by atoms with E-state index < -0.39 is 23.9 Å². The fourth-order valence-corrected chi connectivity index (χ4v) is 4.89. The minimum absolute atomic E-state index is 0.181. The van der Waals surface area contributed by atoms with E-state index in [4.69, 9.17) is 30.5 Å². The molecule has 0 bridgehead atoms. The number of rotatable bonds is 12.